The van der Waals surface area contributed by atoms with Crippen molar-refractivity contribution in [3.63, 3.8) is 0 Å². The zero-order valence-electron chi connectivity index (χ0n) is 16.7. The number of aromatic nitrogens is 1. The van der Waals surface area contributed by atoms with E-state index in [1.165, 1.54) is 0 Å². The van der Waals surface area contributed by atoms with Crippen molar-refractivity contribution >= 4 is 5.91 Å². The molecule has 1 aromatic heterocycles. The second-order valence-corrected chi connectivity index (χ2v) is 7.80. The fraction of sp³-hybridized carbons (Fsp3) is 0.500. The van der Waals surface area contributed by atoms with Crippen LogP contribution in [-0.4, -0.2) is 23.7 Å². The first-order valence-corrected chi connectivity index (χ1v) is 9.80. The number of carbonyl (C=O) groups excluding carboxylic acids is 1. The Labute approximate surface area is 161 Å². The summed E-state index contributed by atoms with van der Waals surface area (Å²) in [4.78, 5) is 11.9. The number of primary amides is 1. The van der Waals surface area contributed by atoms with E-state index in [0.717, 1.165) is 47.7 Å². The molecule has 146 valence electrons. The molecule has 1 atom stereocenters. The summed E-state index contributed by atoms with van der Waals surface area (Å²) >= 11 is 0. The summed E-state index contributed by atoms with van der Waals surface area (Å²) in [6.07, 6.45) is 3.05. The number of carbonyl (C=O) groups is 1. The van der Waals surface area contributed by atoms with Crippen molar-refractivity contribution in [2.75, 3.05) is 13.2 Å². The number of benzene rings is 1. The van der Waals surface area contributed by atoms with E-state index < -0.39 is 5.91 Å². The van der Waals surface area contributed by atoms with E-state index >= 15 is 0 Å². The van der Waals surface area contributed by atoms with Crippen molar-refractivity contribution in [2.45, 2.75) is 53.0 Å². The normalized spacial score (nSPS) is 14.9. The Kier molecular flexibility index (Phi) is 5.78. The summed E-state index contributed by atoms with van der Waals surface area (Å²) in [5.74, 6) is 1.78. The van der Waals surface area contributed by atoms with Gasteiger partial charge >= 0.3 is 0 Å². The van der Waals surface area contributed by atoms with Gasteiger partial charge in [0.25, 0.3) is 5.91 Å². The molecule has 2 heterocycles. The lowest BCUT2D eigenvalue weighted by Gasteiger charge is -2.21. The molecule has 2 aromatic rings. The standard InChI is InChI=1S/C22H30N2O3/c1-14(2)6-7-15(3)24-16(4)18(22(23)25)13-19(24)17-8-9-20-21(12-17)27-11-5-10-26-20/h8-9,12-15H,5-7,10-11H2,1-4H3,(H2,23,25). The number of rotatable bonds is 6. The first-order valence-electron chi connectivity index (χ1n) is 9.80. The van der Waals surface area contributed by atoms with Crippen LogP contribution in [0.5, 0.6) is 11.5 Å². The Hall–Kier alpha value is -2.43. The van der Waals surface area contributed by atoms with Crippen LogP contribution in [0.3, 0.4) is 0 Å². The van der Waals surface area contributed by atoms with Gasteiger partial charge in [0, 0.05) is 29.4 Å². The maximum Gasteiger partial charge on any atom is 0.250 e. The molecule has 0 bridgehead atoms. The van der Waals surface area contributed by atoms with Gasteiger partial charge in [-0.2, -0.15) is 0 Å². The van der Waals surface area contributed by atoms with E-state index in [4.69, 9.17) is 15.2 Å². The summed E-state index contributed by atoms with van der Waals surface area (Å²) in [6, 6.07) is 8.16. The van der Waals surface area contributed by atoms with Crippen LogP contribution in [0, 0.1) is 12.8 Å². The summed E-state index contributed by atoms with van der Waals surface area (Å²) in [5.41, 5.74) is 9.13. The molecule has 1 amide bonds. The minimum absolute atomic E-state index is 0.270. The van der Waals surface area contributed by atoms with E-state index in [0.29, 0.717) is 24.7 Å². The molecule has 5 heteroatoms. The summed E-state index contributed by atoms with van der Waals surface area (Å²) in [7, 11) is 0. The average Bonchev–Trinajstić information content (AvgIpc) is 2.81. The van der Waals surface area contributed by atoms with Gasteiger partial charge in [0.15, 0.2) is 11.5 Å². The number of hydrogen-bond acceptors (Lipinski definition) is 3. The smallest absolute Gasteiger partial charge is 0.250 e. The Balaban J connectivity index is 2.05. The molecule has 1 aliphatic heterocycles. The van der Waals surface area contributed by atoms with Gasteiger partial charge in [-0.3, -0.25) is 4.79 Å². The quantitative estimate of drug-likeness (QED) is 0.800. The van der Waals surface area contributed by atoms with Gasteiger partial charge in [0.2, 0.25) is 0 Å². The molecular weight excluding hydrogens is 340 g/mol. The zero-order chi connectivity index (χ0) is 19.6. The number of hydrogen-bond donors (Lipinski definition) is 1. The van der Waals surface area contributed by atoms with Gasteiger partial charge in [-0.15, -0.1) is 0 Å². The SMILES string of the molecule is Cc1c(C(N)=O)cc(-c2ccc3c(c2)OCCCO3)n1C(C)CCC(C)C. The van der Waals surface area contributed by atoms with Gasteiger partial charge in [0.05, 0.1) is 18.8 Å². The summed E-state index contributed by atoms with van der Waals surface area (Å²) in [6.45, 7) is 9.95. The van der Waals surface area contributed by atoms with Crippen molar-refractivity contribution in [3.05, 3.63) is 35.5 Å². The third-order valence-electron chi connectivity index (χ3n) is 5.20. The molecule has 27 heavy (non-hydrogen) atoms. The van der Waals surface area contributed by atoms with Crippen LogP contribution in [0.25, 0.3) is 11.3 Å². The van der Waals surface area contributed by atoms with Crippen LogP contribution in [0.2, 0.25) is 0 Å². The van der Waals surface area contributed by atoms with Crippen LogP contribution < -0.4 is 15.2 Å². The van der Waals surface area contributed by atoms with Crippen LogP contribution >= 0.6 is 0 Å². The number of fused-ring (bicyclic) bond motifs is 1. The largest absolute Gasteiger partial charge is 0.490 e. The fourth-order valence-electron chi connectivity index (χ4n) is 3.69. The highest BCUT2D eigenvalue weighted by molar-refractivity contribution is 5.95. The lowest BCUT2D eigenvalue weighted by molar-refractivity contribution is 0.0999. The van der Waals surface area contributed by atoms with Gasteiger partial charge in [0.1, 0.15) is 0 Å². The second-order valence-electron chi connectivity index (χ2n) is 7.80. The zero-order valence-corrected chi connectivity index (χ0v) is 16.7. The molecule has 1 unspecified atom stereocenters. The van der Waals surface area contributed by atoms with Gasteiger partial charge in [-0.25, -0.2) is 0 Å². The minimum Gasteiger partial charge on any atom is -0.490 e. The number of ether oxygens (including phenoxy) is 2. The van der Waals surface area contributed by atoms with E-state index in [2.05, 4.69) is 25.3 Å². The third kappa shape index (κ3) is 4.12. The molecule has 0 fully saturated rings. The topological polar surface area (TPSA) is 66.5 Å². The Morgan fingerprint density at radius 3 is 2.48 bits per heavy atom. The molecule has 2 N–H and O–H groups in total. The number of nitrogens with two attached hydrogens (primary N) is 1. The summed E-state index contributed by atoms with van der Waals surface area (Å²) < 4.78 is 13.8. The number of nitrogens with zero attached hydrogens (tertiary/aromatic N) is 1. The van der Waals surface area contributed by atoms with Crippen LogP contribution in [0.4, 0.5) is 0 Å². The monoisotopic (exact) mass is 370 g/mol. The van der Waals surface area contributed by atoms with Crippen molar-refractivity contribution < 1.29 is 14.3 Å². The van der Waals surface area contributed by atoms with Crippen molar-refractivity contribution in [1.29, 1.82) is 0 Å². The molecule has 0 aliphatic carbocycles. The van der Waals surface area contributed by atoms with Gasteiger partial charge in [-0.05, 0) is 56.9 Å². The molecule has 5 nitrogen and oxygen atoms in total. The molecule has 0 saturated carbocycles. The Morgan fingerprint density at radius 1 is 1.11 bits per heavy atom. The van der Waals surface area contributed by atoms with Crippen molar-refractivity contribution in [3.8, 4) is 22.8 Å². The predicted molar refractivity (Wildman–Crippen MR) is 108 cm³/mol. The highest BCUT2D eigenvalue weighted by atomic mass is 16.5. The fourth-order valence-corrected chi connectivity index (χ4v) is 3.69. The van der Waals surface area contributed by atoms with Crippen molar-refractivity contribution in [2.24, 2.45) is 11.7 Å². The first-order chi connectivity index (χ1) is 12.9. The van der Waals surface area contributed by atoms with Crippen molar-refractivity contribution in [1.82, 2.24) is 4.57 Å². The molecule has 0 saturated heterocycles. The highest BCUT2D eigenvalue weighted by Gasteiger charge is 2.21. The average molecular weight is 370 g/mol. The minimum atomic E-state index is -0.391. The number of amides is 1. The van der Waals surface area contributed by atoms with Crippen LogP contribution in [0.15, 0.2) is 24.3 Å². The highest BCUT2D eigenvalue weighted by Crippen LogP contribution is 2.37. The van der Waals surface area contributed by atoms with E-state index in [9.17, 15) is 4.79 Å². The van der Waals surface area contributed by atoms with Crippen LogP contribution in [-0.2, 0) is 0 Å². The van der Waals surface area contributed by atoms with Gasteiger partial charge < -0.3 is 19.8 Å². The van der Waals surface area contributed by atoms with E-state index in [1.54, 1.807) is 0 Å². The van der Waals surface area contributed by atoms with Crippen LogP contribution in [0.1, 0.15) is 62.1 Å². The molecular formula is C22H30N2O3. The molecule has 1 aliphatic rings. The summed E-state index contributed by atoms with van der Waals surface area (Å²) in [5, 5.41) is 0. The van der Waals surface area contributed by atoms with E-state index in [1.807, 2.05) is 31.2 Å². The predicted octanol–water partition coefficient (Wildman–Crippen LogP) is 4.72. The molecule has 1 aromatic carbocycles. The molecule has 0 radical (unpaired) electrons. The molecule has 3 rings (SSSR count). The maximum absolute atomic E-state index is 11.9. The second kappa shape index (κ2) is 8.07. The lowest BCUT2D eigenvalue weighted by Crippen LogP contribution is -2.14. The lowest BCUT2D eigenvalue weighted by atomic mass is 10.0. The van der Waals surface area contributed by atoms with Gasteiger partial charge in [-0.1, -0.05) is 13.8 Å². The Bertz CT molecular complexity index is 823. The first kappa shape index (κ1) is 19.3. The van der Waals surface area contributed by atoms with E-state index in [-0.39, 0.29) is 6.04 Å². The third-order valence-corrected chi connectivity index (χ3v) is 5.20. The maximum atomic E-state index is 11.9. The molecule has 0 spiro atoms. The Morgan fingerprint density at radius 2 is 1.81 bits per heavy atom.